The Balaban J connectivity index is 2.74. The maximum Gasteiger partial charge on any atom is 0.309 e. The number of carbonyl (C=O) groups is 1. The van der Waals surface area contributed by atoms with Gasteiger partial charge >= 0.3 is 5.97 Å². The van der Waals surface area contributed by atoms with E-state index in [1.165, 1.54) is 0 Å². The summed E-state index contributed by atoms with van der Waals surface area (Å²) < 4.78 is 0. The molecule has 0 saturated heterocycles. The molecule has 1 aromatic heterocycles. The highest BCUT2D eigenvalue weighted by molar-refractivity contribution is 5.70. The Hall–Kier alpha value is -1.42. The number of aromatic nitrogens is 1. The molecule has 2 N–H and O–H groups in total. The summed E-state index contributed by atoms with van der Waals surface area (Å²) in [5, 5.41) is 17.3. The molecule has 4 nitrogen and oxygen atoms in total. The fourth-order valence-electron chi connectivity index (χ4n) is 1.27. The van der Waals surface area contributed by atoms with E-state index in [0.29, 0.717) is 18.5 Å². The topological polar surface area (TPSA) is 70.4 Å². The molecule has 76 valence electrons. The zero-order valence-electron chi connectivity index (χ0n) is 7.81. The van der Waals surface area contributed by atoms with Crippen LogP contribution < -0.4 is 0 Å². The molecule has 0 atom stereocenters. The van der Waals surface area contributed by atoms with Crippen molar-refractivity contribution in [1.29, 1.82) is 0 Å². The number of aryl methyl sites for hydroxylation is 1. The van der Waals surface area contributed by atoms with Crippen LogP contribution in [0.3, 0.4) is 0 Å². The average molecular weight is 195 g/mol. The number of hydrogen-bond donors (Lipinski definition) is 2. The molecular weight excluding hydrogens is 182 g/mol. The number of nitrogens with zero attached hydrogens (tertiary/aromatic N) is 1. The summed E-state index contributed by atoms with van der Waals surface area (Å²) in [5.41, 5.74) is 1.50. The van der Waals surface area contributed by atoms with E-state index < -0.39 is 5.97 Å². The molecule has 14 heavy (non-hydrogen) atoms. The number of aliphatic hydroxyl groups is 1. The molecule has 1 aromatic rings. The predicted octanol–water partition coefficient (Wildman–Crippen LogP) is 0.634. The molecule has 0 aliphatic heterocycles. The van der Waals surface area contributed by atoms with Crippen molar-refractivity contribution in [3.63, 3.8) is 0 Å². The van der Waals surface area contributed by atoms with Gasteiger partial charge in [-0.05, 0) is 24.5 Å². The fourth-order valence-corrected chi connectivity index (χ4v) is 1.27. The van der Waals surface area contributed by atoms with Crippen LogP contribution in [-0.4, -0.2) is 27.8 Å². The average Bonchev–Trinajstić information content (AvgIpc) is 2.16. The molecule has 1 heterocycles. The molecule has 0 bridgehead atoms. The van der Waals surface area contributed by atoms with Gasteiger partial charge in [-0.25, -0.2) is 0 Å². The van der Waals surface area contributed by atoms with E-state index in [0.717, 1.165) is 5.56 Å². The molecule has 0 saturated carbocycles. The third kappa shape index (κ3) is 3.14. The molecule has 0 aliphatic carbocycles. The molecule has 0 fully saturated rings. The summed E-state index contributed by atoms with van der Waals surface area (Å²) in [7, 11) is 0. The van der Waals surface area contributed by atoms with Gasteiger partial charge in [-0.15, -0.1) is 0 Å². The maximum atomic E-state index is 10.5. The summed E-state index contributed by atoms with van der Waals surface area (Å²) in [6.07, 6.45) is 2.84. The van der Waals surface area contributed by atoms with E-state index in [1.54, 1.807) is 12.3 Å². The van der Waals surface area contributed by atoms with Gasteiger partial charge in [0.2, 0.25) is 0 Å². The lowest BCUT2D eigenvalue weighted by Crippen LogP contribution is -2.06. The molecule has 0 aliphatic rings. The second-order valence-electron chi connectivity index (χ2n) is 3.01. The van der Waals surface area contributed by atoms with Crippen LogP contribution in [0.25, 0.3) is 0 Å². The highest BCUT2D eigenvalue weighted by Gasteiger charge is 2.06. The van der Waals surface area contributed by atoms with Crippen molar-refractivity contribution in [2.24, 2.45) is 0 Å². The second kappa shape index (κ2) is 5.34. The Morgan fingerprint density at radius 2 is 2.29 bits per heavy atom. The fraction of sp³-hybridized carbons (Fsp3) is 0.400. The van der Waals surface area contributed by atoms with E-state index in [4.69, 9.17) is 10.2 Å². The van der Waals surface area contributed by atoms with E-state index in [1.807, 2.05) is 6.07 Å². The molecular formula is C10H13NO3. The first-order chi connectivity index (χ1) is 6.74. The summed E-state index contributed by atoms with van der Waals surface area (Å²) in [6, 6.07) is 3.62. The van der Waals surface area contributed by atoms with Crippen LogP contribution in [0.4, 0.5) is 0 Å². The zero-order valence-corrected chi connectivity index (χ0v) is 7.81. The van der Waals surface area contributed by atoms with Crippen molar-refractivity contribution in [3.05, 3.63) is 29.6 Å². The highest BCUT2D eigenvalue weighted by Crippen LogP contribution is 2.08. The number of aliphatic hydroxyl groups excluding tert-OH is 1. The second-order valence-corrected chi connectivity index (χ2v) is 3.01. The lowest BCUT2D eigenvalue weighted by molar-refractivity contribution is -0.136. The van der Waals surface area contributed by atoms with Crippen molar-refractivity contribution in [2.45, 2.75) is 19.3 Å². The largest absolute Gasteiger partial charge is 0.481 e. The predicted molar refractivity (Wildman–Crippen MR) is 51.0 cm³/mol. The zero-order chi connectivity index (χ0) is 10.4. The molecule has 0 radical (unpaired) electrons. The van der Waals surface area contributed by atoms with Crippen LogP contribution in [0, 0.1) is 0 Å². The summed E-state index contributed by atoms with van der Waals surface area (Å²) in [5.74, 6) is -0.881. The monoisotopic (exact) mass is 195 g/mol. The SMILES string of the molecule is O=C(O)Cc1ncccc1CCCO. The molecule has 4 heteroatoms. The minimum absolute atomic E-state index is 0.0540. The van der Waals surface area contributed by atoms with Gasteiger partial charge in [0.1, 0.15) is 0 Å². The minimum atomic E-state index is -0.881. The summed E-state index contributed by atoms with van der Waals surface area (Å²) >= 11 is 0. The normalized spacial score (nSPS) is 10.1. The highest BCUT2D eigenvalue weighted by atomic mass is 16.4. The Morgan fingerprint density at radius 3 is 2.93 bits per heavy atom. The Bertz CT molecular complexity index is 312. The van der Waals surface area contributed by atoms with Gasteiger partial charge in [0.15, 0.2) is 0 Å². The third-order valence-electron chi connectivity index (χ3n) is 1.91. The van der Waals surface area contributed by atoms with Crippen LogP contribution in [0.1, 0.15) is 17.7 Å². The number of pyridine rings is 1. The van der Waals surface area contributed by atoms with Crippen LogP contribution >= 0.6 is 0 Å². The van der Waals surface area contributed by atoms with Crippen molar-refractivity contribution >= 4 is 5.97 Å². The molecule has 0 spiro atoms. The van der Waals surface area contributed by atoms with Gasteiger partial charge in [-0.2, -0.15) is 0 Å². The first-order valence-electron chi connectivity index (χ1n) is 4.49. The van der Waals surface area contributed by atoms with Gasteiger partial charge in [0.25, 0.3) is 0 Å². The standard InChI is InChI=1S/C10H13NO3/c12-6-2-4-8-3-1-5-11-9(8)7-10(13)14/h1,3,5,12H,2,4,6-7H2,(H,13,14). The van der Waals surface area contributed by atoms with E-state index in [9.17, 15) is 4.79 Å². The van der Waals surface area contributed by atoms with Crippen LogP contribution in [0.2, 0.25) is 0 Å². The first kappa shape index (κ1) is 10.7. The summed E-state index contributed by atoms with van der Waals surface area (Å²) in [4.78, 5) is 14.5. The number of rotatable bonds is 5. The number of carboxylic acids is 1. The van der Waals surface area contributed by atoms with Gasteiger partial charge in [-0.3, -0.25) is 9.78 Å². The van der Waals surface area contributed by atoms with Gasteiger partial charge < -0.3 is 10.2 Å². The van der Waals surface area contributed by atoms with Gasteiger partial charge in [0.05, 0.1) is 12.1 Å². The Kier molecular flexibility index (Phi) is 4.07. The van der Waals surface area contributed by atoms with E-state index >= 15 is 0 Å². The first-order valence-corrected chi connectivity index (χ1v) is 4.49. The smallest absolute Gasteiger partial charge is 0.309 e. The van der Waals surface area contributed by atoms with Crippen LogP contribution in [0.15, 0.2) is 18.3 Å². The summed E-state index contributed by atoms with van der Waals surface area (Å²) in [6.45, 7) is 0.113. The quantitative estimate of drug-likeness (QED) is 0.723. The lowest BCUT2D eigenvalue weighted by Gasteiger charge is -2.04. The number of hydrogen-bond acceptors (Lipinski definition) is 3. The van der Waals surface area contributed by atoms with E-state index in [2.05, 4.69) is 4.98 Å². The van der Waals surface area contributed by atoms with Crippen LogP contribution in [-0.2, 0) is 17.6 Å². The van der Waals surface area contributed by atoms with Crippen molar-refractivity contribution < 1.29 is 15.0 Å². The molecule has 1 rings (SSSR count). The maximum absolute atomic E-state index is 10.5. The lowest BCUT2D eigenvalue weighted by atomic mass is 10.1. The van der Waals surface area contributed by atoms with Crippen molar-refractivity contribution in [2.75, 3.05) is 6.61 Å². The van der Waals surface area contributed by atoms with Crippen molar-refractivity contribution in [1.82, 2.24) is 4.98 Å². The Labute approximate surface area is 82.2 Å². The Morgan fingerprint density at radius 1 is 1.50 bits per heavy atom. The molecule has 0 unspecified atom stereocenters. The minimum Gasteiger partial charge on any atom is -0.481 e. The number of aliphatic carboxylic acids is 1. The third-order valence-corrected chi connectivity index (χ3v) is 1.91. The van der Waals surface area contributed by atoms with Crippen molar-refractivity contribution in [3.8, 4) is 0 Å². The van der Waals surface area contributed by atoms with Gasteiger partial charge in [-0.1, -0.05) is 6.07 Å². The van der Waals surface area contributed by atoms with Crippen LogP contribution in [0.5, 0.6) is 0 Å². The number of carboxylic acid groups (broad SMARTS) is 1. The molecule has 0 amide bonds. The molecule has 0 aromatic carbocycles. The van der Waals surface area contributed by atoms with Gasteiger partial charge in [0, 0.05) is 12.8 Å². The van der Waals surface area contributed by atoms with E-state index in [-0.39, 0.29) is 13.0 Å².